The number of halogens is 1. The van der Waals surface area contributed by atoms with Gasteiger partial charge in [0, 0.05) is 17.1 Å². The van der Waals surface area contributed by atoms with Crippen molar-refractivity contribution >= 4 is 29.7 Å². The van der Waals surface area contributed by atoms with Crippen LogP contribution in [-0.2, 0) is 23.2 Å². The van der Waals surface area contributed by atoms with Crippen molar-refractivity contribution in [2.45, 2.75) is 39.2 Å². The Balaban J connectivity index is 1.58. The Hall–Kier alpha value is -2.44. The first-order valence-electron chi connectivity index (χ1n) is 9.51. The van der Waals surface area contributed by atoms with Crippen LogP contribution in [0.2, 0.25) is 5.02 Å². The Kier molecular flexibility index (Phi) is 6.55. The fraction of sp³-hybridized carbons (Fsp3) is 0.318. The molecule has 3 rings (SSSR count). The van der Waals surface area contributed by atoms with Crippen LogP contribution in [0, 0.1) is 4.77 Å². The van der Waals surface area contributed by atoms with E-state index in [2.05, 4.69) is 60.6 Å². The SMILES string of the molecule is CC(C)(C)c1ccc(CCNC(=O)Cn2c(-c3ccc(Cl)cc3)n[nH]c2=S)cc1. The average molecular weight is 429 g/mol. The zero-order valence-electron chi connectivity index (χ0n) is 16.8. The van der Waals surface area contributed by atoms with Gasteiger partial charge in [0.1, 0.15) is 6.54 Å². The fourth-order valence-corrected chi connectivity index (χ4v) is 3.32. The molecule has 7 heteroatoms. The monoisotopic (exact) mass is 428 g/mol. The van der Waals surface area contributed by atoms with E-state index in [1.807, 2.05) is 12.1 Å². The van der Waals surface area contributed by atoms with E-state index in [1.165, 1.54) is 11.1 Å². The first-order valence-corrected chi connectivity index (χ1v) is 10.3. The molecular weight excluding hydrogens is 404 g/mol. The summed E-state index contributed by atoms with van der Waals surface area (Å²) in [5, 5.41) is 10.6. The lowest BCUT2D eigenvalue weighted by Gasteiger charge is -2.19. The number of nitrogens with one attached hydrogen (secondary N) is 2. The van der Waals surface area contributed by atoms with Gasteiger partial charge in [0.25, 0.3) is 0 Å². The minimum absolute atomic E-state index is 0.107. The van der Waals surface area contributed by atoms with Crippen molar-refractivity contribution in [1.82, 2.24) is 20.1 Å². The number of H-pyrrole nitrogens is 1. The van der Waals surface area contributed by atoms with Crippen LogP contribution in [-0.4, -0.2) is 27.2 Å². The highest BCUT2D eigenvalue weighted by Crippen LogP contribution is 2.22. The molecule has 0 radical (unpaired) electrons. The van der Waals surface area contributed by atoms with Gasteiger partial charge in [0.2, 0.25) is 5.91 Å². The van der Waals surface area contributed by atoms with Gasteiger partial charge >= 0.3 is 0 Å². The van der Waals surface area contributed by atoms with Gasteiger partial charge in [-0.3, -0.25) is 14.5 Å². The maximum atomic E-state index is 12.4. The van der Waals surface area contributed by atoms with Gasteiger partial charge in [-0.15, -0.1) is 0 Å². The molecule has 1 aromatic heterocycles. The summed E-state index contributed by atoms with van der Waals surface area (Å²) < 4.78 is 2.09. The number of nitrogens with zero attached hydrogens (tertiary/aromatic N) is 2. The van der Waals surface area contributed by atoms with Crippen molar-refractivity contribution < 1.29 is 4.79 Å². The van der Waals surface area contributed by atoms with E-state index in [0.29, 0.717) is 22.2 Å². The highest BCUT2D eigenvalue weighted by Gasteiger charge is 2.14. The van der Waals surface area contributed by atoms with Gasteiger partial charge in [-0.1, -0.05) is 56.6 Å². The summed E-state index contributed by atoms with van der Waals surface area (Å²) in [4.78, 5) is 12.4. The largest absolute Gasteiger partial charge is 0.354 e. The van der Waals surface area contributed by atoms with Crippen LogP contribution in [0.1, 0.15) is 31.9 Å². The van der Waals surface area contributed by atoms with Crippen LogP contribution in [0.5, 0.6) is 0 Å². The summed E-state index contributed by atoms with van der Waals surface area (Å²) in [5.41, 5.74) is 3.47. The molecule has 0 unspecified atom stereocenters. The summed E-state index contributed by atoms with van der Waals surface area (Å²) in [5.74, 6) is 0.503. The zero-order valence-corrected chi connectivity index (χ0v) is 18.4. The van der Waals surface area contributed by atoms with E-state index in [4.69, 9.17) is 23.8 Å². The maximum absolute atomic E-state index is 12.4. The molecule has 0 fully saturated rings. The molecule has 2 aromatic carbocycles. The molecular formula is C22H25ClN4OS. The Morgan fingerprint density at radius 2 is 1.79 bits per heavy atom. The number of hydrogen-bond donors (Lipinski definition) is 2. The second kappa shape index (κ2) is 8.93. The second-order valence-electron chi connectivity index (χ2n) is 7.99. The predicted octanol–water partition coefficient (Wildman–Crippen LogP) is 4.92. The van der Waals surface area contributed by atoms with Gasteiger partial charge in [0.05, 0.1) is 0 Å². The highest BCUT2D eigenvalue weighted by atomic mass is 35.5. The number of rotatable bonds is 6. The lowest BCUT2D eigenvalue weighted by Crippen LogP contribution is -2.29. The molecule has 0 atom stereocenters. The second-order valence-corrected chi connectivity index (χ2v) is 8.82. The van der Waals surface area contributed by atoms with Crippen LogP contribution in [0.3, 0.4) is 0 Å². The highest BCUT2D eigenvalue weighted by molar-refractivity contribution is 7.71. The molecule has 3 aromatic rings. The number of carbonyl (C=O) groups excluding carboxylic acids is 1. The molecule has 0 aliphatic carbocycles. The van der Waals surface area contributed by atoms with Gasteiger partial charge in [-0.2, -0.15) is 5.10 Å². The average Bonchev–Trinajstić information content (AvgIpc) is 3.02. The van der Waals surface area contributed by atoms with Crippen molar-refractivity contribution in [3.8, 4) is 11.4 Å². The zero-order chi connectivity index (χ0) is 21.0. The molecule has 0 saturated carbocycles. The summed E-state index contributed by atoms with van der Waals surface area (Å²) >= 11 is 11.2. The number of amides is 1. The van der Waals surface area contributed by atoms with E-state index in [9.17, 15) is 4.79 Å². The van der Waals surface area contributed by atoms with Gasteiger partial charge < -0.3 is 5.32 Å². The van der Waals surface area contributed by atoms with Crippen molar-refractivity contribution in [3.63, 3.8) is 0 Å². The third kappa shape index (κ3) is 5.55. The van der Waals surface area contributed by atoms with E-state index in [0.717, 1.165) is 12.0 Å². The molecule has 1 heterocycles. The van der Waals surface area contributed by atoms with Crippen molar-refractivity contribution in [2.24, 2.45) is 0 Å². The maximum Gasteiger partial charge on any atom is 0.240 e. The summed E-state index contributed by atoms with van der Waals surface area (Å²) in [6.07, 6.45) is 0.775. The molecule has 0 spiro atoms. The Morgan fingerprint density at radius 1 is 1.14 bits per heavy atom. The topological polar surface area (TPSA) is 62.7 Å². The quantitative estimate of drug-likeness (QED) is 0.548. The van der Waals surface area contributed by atoms with Crippen molar-refractivity contribution in [3.05, 3.63) is 69.5 Å². The lowest BCUT2D eigenvalue weighted by atomic mass is 9.86. The number of carbonyl (C=O) groups is 1. The molecule has 0 bridgehead atoms. The summed E-state index contributed by atoms with van der Waals surface area (Å²) in [6.45, 7) is 7.26. The first-order chi connectivity index (χ1) is 13.7. The Bertz CT molecular complexity index is 1030. The standard InChI is InChI=1S/C22H25ClN4OS/c1-22(2,3)17-8-4-15(5-9-17)12-13-24-19(28)14-27-20(25-26-21(27)29)16-6-10-18(23)11-7-16/h4-11H,12-14H2,1-3H3,(H,24,28)(H,26,29). The summed E-state index contributed by atoms with van der Waals surface area (Å²) in [7, 11) is 0. The van der Waals surface area contributed by atoms with Gasteiger partial charge in [0.15, 0.2) is 10.6 Å². The van der Waals surface area contributed by atoms with Crippen LogP contribution in [0.15, 0.2) is 48.5 Å². The van der Waals surface area contributed by atoms with Crippen LogP contribution in [0.4, 0.5) is 0 Å². The van der Waals surface area contributed by atoms with E-state index in [1.54, 1.807) is 16.7 Å². The molecule has 5 nitrogen and oxygen atoms in total. The minimum atomic E-state index is -0.107. The molecule has 0 aliphatic heterocycles. The number of hydrogen-bond acceptors (Lipinski definition) is 3. The molecule has 1 amide bonds. The normalized spacial score (nSPS) is 11.4. The first kappa shape index (κ1) is 21.3. The van der Waals surface area contributed by atoms with E-state index < -0.39 is 0 Å². The Morgan fingerprint density at radius 3 is 2.41 bits per heavy atom. The van der Waals surface area contributed by atoms with Crippen LogP contribution < -0.4 is 5.32 Å². The van der Waals surface area contributed by atoms with E-state index >= 15 is 0 Å². The minimum Gasteiger partial charge on any atom is -0.354 e. The number of aromatic amines is 1. The van der Waals surface area contributed by atoms with Crippen molar-refractivity contribution in [1.29, 1.82) is 0 Å². The fourth-order valence-electron chi connectivity index (χ4n) is 3.00. The van der Waals surface area contributed by atoms with Gasteiger partial charge in [-0.25, -0.2) is 0 Å². The Labute approximate surface area is 181 Å². The van der Waals surface area contributed by atoms with Crippen molar-refractivity contribution in [2.75, 3.05) is 6.54 Å². The van der Waals surface area contributed by atoms with Crippen LogP contribution in [0.25, 0.3) is 11.4 Å². The third-order valence-corrected chi connectivity index (χ3v) is 5.28. The van der Waals surface area contributed by atoms with Gasteiger partial charge in [-0.05, 0) is 59.4 Å². The predicted molar refractivity (Wildman–Crippen MR) is 120 cm³/mol. The number of benzene rings is 2. The number of aromatic nitrogens is 3. The summed E-state index contributed by atoms with van der Waals surface area (Å²) in [6, 6.07) is 15.8. The molecule has 152 valence electrons. The molecule has 2 N–H and O–H groups in total. The van der Waals surface area contributed by atoms with Crippen LogP contribution >= 0.6 is 23.8 Å². The van der Waals surface area contributed by atoms with E-state index in [-0.39, 0.29) is 17.9 Å². The molecule has 29 heavy (non-hydrogen) atoms. The molecule has 0 aliphatic rings. The molecule has 0 saturated heterocycles. The lowest BCUT2D eigenvalue weighted by molar-refractivity contribution is -0.121. The third-order valence-electron chi connectivity index (χ3n) is 4.72. The smallest absolute Gasteiger partial charge is 0.240 e.